The molecule has 0 saturated heterocycles. The van der Waals surface area contributed by atoms with E-state index < -0.39 is 0 Å². The minimum Gasteiger partial charge on any atom is -0.497 e. The Morgan fingerprint density at radius 3 is 2.35 bits per heavy atom. The summed E-state index contributed by atoms with van der Waals surface area (Å²) in [5.41, 5.74) is 1.27. The van der Waals surface area contributed by atoms with E-state index in [1.807, 2.05) is 12.1 Å². The lowest BCUT2D eigenvalue weighted by atomic mass is 9.86. The van der Waals surface area contributed by atoms with Gasteiger partial charge >= 0.3 is 0 Å². The first-order chi connectivity index (χ1) is 8.21. The van der Waals surface area contributed by atoms with Crippen LogP contribution in [0.25, 0.3) is 0 Å². The zero-order valence-electron chi connectivity index (χ0n) is 11.1. The molecule has 1 N–H and O–H groups in total. The normalized spacial score (nSPS) is 14.4. The lowest BCUT2D eigenvalue weighted by Crippen LogP contribution is -2.18. The average Bonchev–Trinajstić information content (AvgIpc) is 2.37. The third-order valence-corrected chi connectivity index (χ3v) is 3.44. The van der Waals surface area contributed by atoms with Gasteiger partial charge in [0, 0.05) is 6.61 Å². The van der Waals surface area contributed by atoms with Gasteiger partial charge in [0.05, 0.1) is 7.11 Å². The molecule has 0 saturated carbocycles. The van der Waals surface area contributed by atoms with Gasteiger partial charge < -0.3 is 9.84 Å². The SMILES string of the molecule is CCCC(C)C(CO)Cc1ccc(OC)cc1. The van der Waals surface area contributed by atoms with E-state index in [1.165, 1.54) is 18.4 Å². The molecule has 0 spiro atoms. The van der Waals surface area contributed by atoms with Crippen LogP contribution in [0.3, 0.4) is 0 Å². The number of aliphatic hydroxyl groups is 1. The Bertz CT molecular complexity index is 305. The Hall–Kier alpha value is -1.02. The van der Waals surface area contributed by atoms with Crippen molar-refractivity contribution in [3.05, 3.63) is 29.8 Å². The van der Waals surface area contributed by atoms with Gasteiger partial charge in [-0.15, -0.1) is 0 Å². The van der Waals surface area contributed by atoms with Crippen LogP contribution in [0.1, 0.15) is 32.3 Å². The Labute approximate surface area is 105 Å². The molecule has 1 aromatic carbocycles. The van der Waals surface area contributed by atoms with E-state index >= 15 is 0 Å². The highest BCUT2D eigenvalue weighted by Gasteiger charge is 2.16. The molecule has 0 aromatic heterocycles. The van der Waals surface area contributed by atoms with Crippen LogP contribution in [0.5, 0.6) is 5.75 Å². The van der Waals surface area contributed by atoms with Crippen molar-refractivity contribution in [3.63, 3.8) is 0 Å². The molecule has 0 aliphatic carbocycles. The van der Waals surface area contributed by atoms with Gasteiger partial charge in [0.1, 0.15) is 5.75 Å². The van der Waals surface area contributed by atoms with Gasteiger partial charge in [-0.05, 0) is 36.0 Å². The van der Waals surface area contributed by atoms with Crippen molar-refractivity contribution in [2.24, 2.45) is 11.8 Å². The second-order valence-corrected chi connectivity index (χ2v) is 4.76. The molecule has 2 nitrogen and oxygen atoms in total. The highest BCUT2D eigenvalue weighted by molar-refractivity contribution is 5.27. The number of hydrogen-bond acceptors (Lipinski definition) is 2. The zero-order chi connectivity index (χ0) is 12.7. The van der Waals surface area contributed by atoms with Gasteiger partial charge in [0.25, 0.3) is 0 Å². The van der Waals surface area contributed by atoms with Crippen molar-refractivity contribution in [2.45, 2.75) is 33.1 Å². The fraction of sp³-hybridized carbons (Fsp3) is 0.600. The molecule has 1 rings (SSSR count). The van der Waals surface area contributed by atoms with Gasteiger partial charge in [-0.2, -0.15) is 0 Å². The minimum absolute atomic E-state index is 0.271. The summed E-state index contributed by atoms with van der Waals surface area (Å²) >= 11 is 0. The third kappa shape index (κ3) is 4.39. The van der Waals surface area contributed by atoms with Crippen molar-refractivity contribution in [1.82, 2.24) is 0 Å². The van der Waals surface area contributed by atoms with Crippen LogP contribution >= 0.6 is 0 Å². The van der Waals surface area contributed by atoms with Crippen molar-refractivity contribution in [1.29, 1.82) is 0 Å². The van der Waals surface area contributed by atoms with Crippen LogP contribution in [0.2, 0.25) is 0 Å². The molecule has 0 aliphatic heterocycles. The van der Waals surface area contributed by atoms with E-state index in [0.29, 0.717) is 11.8 Å². The Balaban J connectivity index is 2.60. The number of ether oxygens (including phenoxy) is 1. The topological polar surface area (TPSA) is 29.5 Å². The maximum Gasteiger partial charge on any atom is 0.118 e. The van der Waals surface area contributed by atoms with Crippen LogP contribution in [0.15, 0.2) is 24.3 Å². The predicted molar refractivity (Wildman–Crippen MR) is 71.3 cm³/mol. The van der Waals surface area contributed by atoms with Crippen molar-refractivity contribution in [3.8, 4) is 5.75 Å². The lowest BCUT2D eigenvalue weighted by molar-refractivity contribution is 0.176. The van der Waals surface area contributed by atoms with Crippen LogP contribution in [0.4, 0.5) is 0 Å². The van der Waals surface area contributed by atoms with Crippen LogP contribution in [-0.4, -0.2) is 18.8 Å². The van der Waals surface area contributed by atoms with E-state index in [4.69, 9.17) is 4.74 Å². The van der Waals surface area contributed by atoms with E-state index in [9.17, 15) is 5.11 Å². The quantitative estimate of drug-likeness (QED) is 0.787. The van der Waals surface area contributed by atoms with Crippen molar-refractivity contribution < 1.29 is 9.84 Å². The first-order valence-corrected chi connectivity index (χ1v) is 6.45. The monoisotopic (exact) mass is 236 g/mol. The van der Waals surface area contributed by atoms with E-state index in [1.54, 1.807) is 7.11 Å². The smallest absolute Gasteiger partial charge is 0.118 e. The molecule has 2 atom stereocenters. The van der Waals surface area contributed by atoms with Gasteiger partial charge in [-0.25, -0.2) is 0 Å². The van der Waals surface area contributed by atoms with Gasteiger partial charge in [-0.1, -0.05) is 38.8 Å². The van der Waals surface area contributed by atoms with Crippen LogP contribution in [-0.2, 0) is 6.42 Å². The Kier molecular flexibility index (Phi) is 6.06. The predicted octanol–water partition coefficient (Wildman–Crippen LogP) is 3.28. The van der Waals surface area contributed by atoms with E-state index in [2.05, 4.69) is 26.0 Å². The molecule has 1 aromatic rings. The first kappa shape index (κ1) is 14.0. The van der Waals surface area contributed by atoms with E-state index in [0.717, 1.165) is 12.2 Å². The van der Waals surface area contributed by atoms with Gasteiger partial charge in [0.2, 0.25) is 0 Å². The Morgan fingerprint density at radius 1 is 1.24 bits per heavy atom. The first-order valence-electron chi connectivity index (χ1n) is 6.45. The molecule has 2 heteroatoms. The number of rotatable bonds is 7. The second-order valence-electron chi connectivity index (χ2n) is 4.76. The van der Waals surface area contributed by atoms with Crippen molar-refractivity contribution >= 4 is 0 Å². The fourth-order valence-corrected chi connectivity index (χ4v) is 2.20. The van der Waals surface area contributed by atoms with Crippen LogP contribution in [0, 0.1) is 11.8 Å². The minimum atomic E-state index is 0.271. The van der Waals surface area contributed by atoms with E-state index in [-0.39, 0.29) is 6.61 Å². The van der Waals surface area contributed by atoms with Crippen molar-refractivity contribution in [2.75, 3.05) is 13.7 Å². The highest BCUT2D eigenvalue weighted by Crippen LogP contribution is 2.22. The summed E-state index contributed by atoms with van der Waals surface area (Å²) in [6, 6.07) is 8.13. The molecule has 0 aliphatic rings. The summed E-state index contributed by atoms with van der Waals surface area (Å²) in [5, 5.41) is 9.46. The molecule has 0 radical (unpaired) electrons. The average molecular weight is 236 g/mol. The molecule has 0 fully saturated rings. The molecular weight excluding hydrogens is 212 g/mol. The molecule has 0 heterocycles. The number of hydrogen-bond donors (Lipinski definition) is 1. The van der Waals surface area contributed by atoms with Gasteiger partial charge in [-0.3, -0.25) is 0 Å². The highest BCUT2D eigenvalue weighted by atomic mass is 16.5. The summed E-state index contributed by atoms with van der Waals surface area (Å²) in [4.78, 5) is 0. The molecule has 17 heavy (non-hydrogen) atoms. The maximum atomic E-state index is 9.46. The largest absolute Gasteiger partial charge is 0.497 e. The zero-order valence-corrected chi connectivity index (χ0v) is 11.1. The summed E-state index contributed by atoms with van der Waals surface area (Å²) in [6.45, 7) is 4.69. The molecule has 2 unspecified atom stereocenters. The second kappa shape index (κ2) is 7.33. The maximum absolute atomic E-state index is 9.46. The molecular formula is C15H24O2. The summed E-state index contributed by atoms with van der Waals surface area (Å²) in [7, 11) is 1.68. The fourth-order valence-electron chi connectivity index (χ4n) is 2.20. The molecule has 96 valence electrons. The van der Waals surface area contributed by atoms with Gasteiger partial charge in [0.15, 0.2) is 0 Å². The third-order valence-electron chi connectivity index (χ3n) is 3.44. The van der Waals surface area contributed by atoms with Crippen LogP contribution < -0.4 is 4.74 Å². The number of aliphatic hydroxyl groups excluding tert-OH is 1. The summed E-state index contributed by atoms with van der Waals surface area (Å²) < 4.78 is 5.14. The number of benzene rings is 1. The molecule has 0 bridgehead atoms. The lowest BCUT2D eigenvalue weighted by Gasteiger charge is -2.21. The summed E-state index contributed by atoms with van der Waals surface area (Å²) in [6.07, 6.45) is 3.31. The Morgan fingerprint density at radius 2 is 1.88 bits per heavy atom. The standard InChI is InChI=1S/C15H24O2/c1-4-5-12(2)14(11-16)10-13-6-8-15(17-3)9-7-13/h6-9,12,14,16H,4-5,10-11H2,1-3H3. The number of methoxy groups -OCH3 is 1. The summed E-state index contributed by atoms with van der Waals surface area (Å²) in [5.74, 6) is 1.83. The molecule has 0 amide bonds.